The van der Waals surface area contributed by atoms with Crippen molar-refractivity contribution in [3.63, 3.8) is 0 Å². The van der Waals surface area contributed by atoms with E-state index in [4.69, 9.17) is 9.41 Å². The van der Waals surface area contributed by atoms with Crippen LogP contribution in [0.4, 0.5) is 0 Å². The molecule has 1 aliphatic heterocycles. The quantitative estimate of drug-likeness (QED) is 0.494. The predicted molar refractivity (Wildman–Crippen MR) is 114 cm³/mol. The molecule has 0 radical (unpaired) electrons. The van der Waals surface area contributed by atoms with E-state index in [1.807, 2.05) is 29.5 Å². The molecule has 0 atom stereocenters. The van der Waals surface area contributed by atoms with Crippen LogP contribution in [0.1, 0.15) is 27.1 Å². The van der Waals surface area contributed by atoms with Gasteiger partial charge in [0.25, 0.3) is 5.91 Å². The Labute approximate surface area is 179 Å². The Hall–Kier alpha value is -3.14. The third kappa shape index (κ3) is 4.54. The lowest BCUT2D eigenvalue weighted by molar-refractivity contribution is 0.0657. The number of nitrogens with zero attached hydrogens (tertiary/aromatic N) is 6. The number of hydrogen-bond donors (Lipinski definition) is 1. The topological polar surface area (TPSA) is 91.8 Å². The largest absolute Gasteiger partial charge is 0.459 e. The van der Waals surface area contributed by atoms with Gasteiger partial charge in [-0.05, 0) is 30.5 Å². The Morgan fingerprint density at radius 2 is 2.00 bits per heavy atom. The molecule has 0 unspecified atom stereocenters. The van der Waals surface area contributed by atoms with Gasteiger partial charge in [0.2, 0.25) is 0 Å². The van der Waals surface area contributed by atoms with Crippen molar-refractivity contribution in [2.24, 2.45) is 12.0 Å². The molecule has 0 bridgehead atoms. The molecule has 1 saturated heterocycles. The molecule has 1 aliphatic rings. The molecule has 3 aromatic rings. The highest BCUT2D eigenvalue weighted by Crippen LogP contribution is 2.12. The van der Waals surface area contributed by atoms with E-state index in [0.29, 0.717) is 45.0 Å². The highest BCUT2D eigenvalue weighted by atomic mass is 32.1. The van der Waals surface area contributed by atoms with Gasteiger partial charge in [0.1, 0.15) is 12.4 Å². The zero-order valence-corrected chi connectivity index (χ0v) is 17.9. The molecule has 158 valence electrons. The van der Waals surface area contributed by atoms with Crippen LogP contribution in [-0.4, -0.2) is 62.6 Å². The van der Waals surface area contributed by atoms with Gasteiger partial charge in [-0.3, -0.25) is 4.79 Å². The van der Waals surface area contributed by atoms with Crippen LogP contribution in [0.25, 0.3) is 0 Å². The van der Waals surface area contributed by atoms with E-state index in [1.54, 1.807) is 23.5 Å². The van der Waals surface area contributed by atoms with Gasteiger partial charge < -0.3 is 24.1 Å². The van der Waals surface area contributed by atoms with Crippen molar-refractivity contribution in [1.82, 2.24) is 29.9 Å². The van der Waals surface area contributed by atoms with Gasteiger partial charge in [-0.15, -0.1) is 21.5 Å². The Morgan fingerprint density at radius 1 is 1.20 bits per heavy atom. The van der Waals surface area contributed by atoms with Gasteiger partial charge in [-0.1, -0.05) is 6.07 Å². The number of furan rings is 1. The molecule has 10 heteroatoms. The molecule has 9 nitrogen and oxygen atoms in total. The number of aryl methyl sites for hydroxylation is 1. The Bertz CT molecular complexity index is 987. The van der Waals surface area contributed by atoms with Crippen LogP contribution in [-0.2, 0) is 20.1 Å². The number of carbonyl (C=O) groups excluding carboxylic acids is 1. The van der Waals surface area contributed by atoms with E-state index >= 15 is 0 Å². The van der Waals surface area contributed by atoms with E-state index in [-0.39, 0.29) is 5.91 Å². The van der Waals surface area contributed by atoms with E-state index in [0.717, 1.165) is 17.6 Å². The van der Waals surface area contributed by atoms with Crippen molar-refractivity contribution in [3.05, 3.63) is 58.2 Å². The molecule has 4 heterocycles. The number of guanidine groups is 1. The third-order valence-corrected chi connectivity index (χ3v) is 6.03. The fraction of sp³-hybridized carbons (Fsp3) is 0.400. The normalized spacial score (nSPS) is 14.9. The fourth-order valence-electron chi connectivity index (χ4n) is 3.26. The van der Waals surface area contributed by atoms with Gasteiger partial charge in [-0.2, -0.15) is 0 Å². The zero-order valence-electron chi connectivity index (χ0n) is 17.1. The van der Waals surface area contributed by atoms with Crippen molar-refractivity contribution < 1.29 is 9.21 Å². The van der Waals surface area contributed by atoms with E-state index in [2.05, 4.69) is 31.9 Å². The second kappa shape index (κ2) is 9.12. The minimum absolute atomic E-state index is 0.0701. The lowest BCUT2D eigenvalue weighted by Crippen LogP contribution is -2.53. The van der Waals surface area contributed by atoms with Crippen molar-refractivity contribution in [1.29, 1.82) is 0 Å². The van der Waals surface area contributed by atoms with Crippen molar-refractivity contribution in [2.45, 2.75) is 20.0 Å². The smallest absolute Gasteiger partial charge is 0.289 e. The predicted octanol–water partition coefficient (Wildman–Crippen LogP) is 1.88. The zero-order chi connectivity index (χ0) is 20.9. The number of nitrogens with one attached hydrogen (secondary N) is 1. The maximum absolute atomic E-state index is 12.5. The summed E-state index contributed by atoms with van der Waals surface area (Å²) in [6.07, 6.45) is 1.52. The number of aromatic nitrogens is 3. The maximum atomic E-state index is 12.5. The summed E-state index contributed by atoms with van der Waals surface area (Å²) in [6, 6.07) is 7.57. The van der Waals surface area contributed by atoms with Gasteiger partial charge in [0.15, 0.2) is 17.5 Å². The van der Waals surface area contributed by atoms with Crippen LogP contribution >= 0.6 is 11.3 Å². The average Bonchev–Trinajstić information content (AvgIpc) is 3.53. The number of carbonyl (C=O) groups is 1. The molecule has 0 spiro atoms. The van der Waals surface area contributed by atoms with Gasteiger partial charge in [0, 0.05) is 38.1 Å². The van der Waals surface area contributed by atoms with Crippen LogP contribution in [0.15, 0.2) is 45.3 Å². The maximum Gasteiger partial charge on any atom is 0.289 e. The molecule has 1 fully saturated rings. The average molecular weight is 428 g/mol. The van der Waals surface area contributed by atoms with Crippen LogP contribution < -0.4 is 5.32 Å². The summed E-state index contributed by atoms with van der Waals surface area (Å²) >= 11 is 1.71. The highest BCUT2D eigenvalue weighted by molar-refractivity contribution is 7.09. The highest BCUT2D eigenvalue weighted by Gasteiger charge is 2.25. The van der Waals surface area contributed by atoms with Crippen LogP contribution in [0.2, 0.25) is 0 Å². The monoisotopic (exact) mass is 427 g/mol. The number of aliphatic imine (C=N–C) groups is 1. The summed E-state index contributed by atoms with van der Waals surface area (Å²) in [7, 11) is 1.94. The van der Waals surface area contributed by atoms with Gasteiger partial charge in [-0.25, -0.2) is 4.99 Å². The second-order valence-electron chi connectivity index (χ2n) is 7.05. The number of thiophene rings is 1. The molecule has 1 amide bonds. The lowest BCUT2D eigenvalue weighted by Gasteiger charge is -2.36. The Kier molecular flexibility index (Phi) is 6.12. The number of amides is 1. The lowest BCUT2D eigenvalue weighted by atomic mass is 10.3. The second-order valence-corrected chi connectivity index (χ2v) is 8.08. The minimum Gasteiger partial charge on any atom is -0.459 e. The summed E-state index contributed by atoms with van der Waals surface area (Å²) in [5.41, 5.74) is 0. The van der Waals surface area contributed by atoms with Crippen LogP contribution in [0.5, 0.6) is 0 Å². The molecular weight excluding hydrogens is 402 g/mol. The molecule has 3 aromatic heterocycles. The fourth-order valence-corrected chi connectivity index (χ4v) is 3.90. The summed E-state index contributed by atoms with van der Waals surface area (Å²) in [5, 5.41) is 13.8. The summed E-state index contributed by atoms with van der Waals surface area (Å²) in [4.78, 5) is 22.6. The molecule has 0 saturated carbocycles. The molecule has 0 aliphatic carbocycles. The number of piperazine rings is 1. The van der Waals surface area contributed by atoms with E-state index in [1.165, 1.54) is 11.1 Å². The van der Waals surface area contributed by atoms with Gasteiger partial charge in [0.05, 0.1) is 12.8 Å². The summed E-state index contributed by atoms with van der Waals surface area (Å²) in [6.45, 7) is 5.69. The first-order valence-electron chi connectivity index (χ1n) is 9.85. The van der Waals surface area contributed by atoms with Crippen LogP contribution in [0, 0.1) is 6.92 Å². The van der Waals surface area contributed by atoms with Crippen molar-refractivity contribution >= 4 is 23.2 Å². The molecular formula is C20H25N7O2S. The standard InChI is InChI=1S/C20H25N7O2S/c1-15-23-24-18(25(15)2)14-22-20(21-13-16-5-4-12-30-16)27-9-7-26(8-10-27)19(28)17-6-3-11-29-17/h3-6,11-12H,7-10,13-14H2,1-2H3,(H,21,22). The van der Waals surface area contributed by atoms with Crippen LogP contribution in [0.3, 0.4) is 0 Å². The SMILES string of the molecule is Cc1nnc(CN=C(NCc2cccs2)N2CCN(C(=O)c3ccco3)CC2)n1C. The van der Waals surface area contributed by atoms with Crippen molar-refractivity contribution in [3.8, 4) is 0 Å². The summed E-state index contributed by atoms with van der Waals surface area (Å²) in [5.74, 6) is 2.80. The van der Waals surface area contributed by atoms with E-state index in [9.17, 15) is 4.79 Å². The Balaban J connectivity index is 1.43. The molecule has 4 rings (SSSR count). The third-order valence-electron chi connectivity index (χ3n) is 5.15. The first-order chi connectivity index (χ1) is 14.6. The summed E-state index contributed by atoms with van der Waals surface area (Å²) < 4.78 is 7.19. The molecule has 0 aromatic carbocycles. The van der Waals surface area contributed by atoms with Crippen molar-refractivity contribution in [2.75, 3.05) is 26.2 Å². The molecule has 30 heavy (non-hydrogen) atoms. The number of hydrogen-bond acceptors (Lipinski definition) is 6. The number of rotatable bonds is 5. The first-order valence-corrected chi connectivity index (χ1v) is 10.7. The minimum atomic E-state index is -0.0701. The Morgan fingerprint density at radius 3 is 2.63 bits per heavy atom. The first kappa shape index (κ1) is 20.1. The van der Waals surface area contributed by atoms with Gasteiger partial charge >= 0.3 is 0 Å². The molecule has 1 N–H and O–H groups in total. The van der Waals surface area contributed by atoms with E-state index < -0.39 is 0 Å².